The number of rotatable bonds is 0. The average molecular weight is 245 g/mol. The van der Waals surface area contributed by atoms with Crippen LogP contribution in [0.5, 0.6) is 0 Å². The van der Waals surface area contributed by atoms with Crippen molar-refractivity contribution in [1.82, 2.24) is 0 Å². The maximum absolute atomic E-state index is 3.28. The molecule has 0 radical (unpaired) electrons. The zero-order valence-corrected chi connectivity index (χ0v) is 10.0. The molecule has 56 valence electrons. The minimum absolute atomic E-state index is 1.89. The Hall–Kier alpha value is -0.0618. The quantitative estimate of drug-likeness (QED) is 0.454. The summed E-state index contributed by atoms with van der Waals surface area (Å²) in [6.45, 7) is 3.78. The fraction of sp³-hybridized carbons (Fsp3) is 0.556. The van der Waals surface area contributed by atoms with E-state index >= 15 is 0 Å². The van der Waals surface area contributed by atoms with Gasteiger partial charge in [0.1, 0.15) is 0 Å². The maximum atomic E-state index is 3.28. The van der Waals surface area contributed by atoms with Crippen LogP contribution in [0.4, 0.5) is 0 Å². The molecule has 0 aromatic rings. The molecule has 0 aliphatic heterocycles. The Morgan fingerprint density at radius 1 is 0.800 bits per heavy atom. The fourth-order valence-corrected chi connectivity index (χ4v) is 5.44. The summed E-state index contributed by atoms with van der Waals surface area (Å²) in [5, 5.41) is 0. The molecule has 0 N–H and O–H groups in total. The van der Waals surface area contributed by atoms with Gasteiger partial charge in [-0.05, 0) is 0 Å². The second-order valence-corrected chi connectivity index (χ2v) is 20.8. The fourth-order valence-electron chi connectivity index (χ4n) is 0.811. The Bertz CT molecular complexity index is 207. The third kappa shape index (κ3) is 3.87. The van der Waals surface area contributed by atoms with Gasteiger partial charge in [0.05, 0.1) is 0 Å². The number of hydrogen-bond donors (Lipinski definition) is 0. The summed E-state index contributed by atoms with van der Waals surface area (Å²) in [6, 6.07) is 0. The summed E-state index contributed by atoms with van der Waals surface area (Å²) < 4.78 is 6.55. The molecule has 1 heteroatoms. The van der Waals surface area contributed by atoms with Crippen LogP contribution >= 0.6 is 0 Å². The first-order valence-electron chi connectivity index (χ1n) is 3.29. The Labute approximate surface area is 65.4 Å². The second-order valence-electron chi connectivity index (χ2n) is 3.52. The molecule has 10 heavy (non-hydrogen) atoms. The van der Waals surface area contributed by atoms with Gasteiger partial charge in [0.15, 0.2) is 0 Å². The molecule has 0 aliphatic rings. The van der Waals surface area contributed by atoms with Crippen molar-refractivity contribution in [2.24, 2.45) is 0 Å². The van der Waals surface area contributed by atoms with Crippen LogP contribution in [-0.2, 0) is 0 Å². The van der Waals surface area contributed by atoms with Crippen LogP contribution in [0.3, 0.4) is 0 Å². The first-order chi connectivity index (χ1) is 4.39. The average Bonchev–Trinajstić information content (AvgIpc) is 1.61. The van der Waals surface area contributed by atoms with Crippen LogP contribution < -0.4 is 0 Å². The van der Waals surface area contributed by atoms with Crippen molar-refractivity contribution in [3.8, 4) is 19.6 Å². The summed E-state index contributed by atoms with van der Waals surface area (Å²) >= 11 is -2.62. The van der Waals surface area contributed by atoms with E-state index in [1.165, 1.54) is 0 Å². The normalized spacial score (nSPS) is 13.1. The van der Waals surface area contributed by atoms with E-state index in [0.29, 0.717) is 0 Å². The molecule has 0 amide bonds. The molecule has 0 unspecified atom stereocenters. The molecule has 0 rings (SSSR count). The molecule has 0 aliphatic carbocycles. The molecule has 0 bridgehead atoms. The molecule has 0 aromatic carbocycles. The van der Waals surface area contributed by atoms with Gasteiger partial charge in [-0.1, -0.05) is 0 Å². The Balaban J connectivity index is 4.83. The van der Waals surface area contributed by atoms with E-state index in [4.69, 9.17) is 0 Å². The molecule has 0 heterocycles. The summed E-state index contributed by atoms with van der Waals surface area (Å²) in [4.78, 5) is 6.71. The van der Waals surface area contributed by atoms with Gasteiger partial charge in [-0.25, -0.2) is 0 Å². The van der Waals surface area contributed by atoms with Gasteiger partial charge in [0, 0.05) is 0 Å². The van der Waals surface area contributed by atoms with E-state index in [9.17, 15) is 0 Å². The van der Waals surface area contributed by atoms with Gasteiger partial charge >= 0.3 is 65.4 Å². The molecule has 0 atom stereocenters. The van der Waals surface area contributed by atoms with Crippen LogP contribution in [0.2, 0.25) is 14.6 Å². The van der Waals surface area contributed by atoms with Crippen molar-refractivity contribution in [3.05, 3.63) is 0 Å². The Morgan fingerprint density at radius 3 is 1.30 bits per heavy atom. The minimum atomic E-state index is -2.62. The predicted molar refractivity (Wildman–Crippen MR) is 50.2 cm³/mol. The van der Waals surface area contributed by atoms with E-state index < -0.39 is 17.4 Å². The van der Waals surface area contributed by atoms with Crippen molar-refractivity contribution < 1.29 is 0 Å². The van der Waals surface area contributed by atoms with Gasteiger partial charge in [-0.2, -0.15) is 0 Å². The molecule has 0 saturated carbocycles. The summed E-state index contributed by atoms with van der Waals surface area (Å²) in [5.41, 5.74) is 0. The van der Waals surface area contributed by atoms with Crippen molar-refractivity contribution in [1.29, 1.82) is 0 Å². The molecular formula is C9H15Sb. The monoisotopic (exact) mass is 244 g/mol. The van der Waals surface area contributed by atoms with E-state index in [1.54, 1.807) is 0 Å². The molecule has 0 aromatic heterocycles. The van der Waals surface area contributed by atoms with E-state index in [2.05, 4.69) is 34.2 Å². The van der Waals surface area contributed by atoms with E-state index in [1.807, 2.05) is 13.8 Å². The zero-order chi connectivity index (χ0) is 8.28. The van der Waals surface area contributed by atoms with Crippen LogP contribution in [0, 0.1) is 19.6 Å². The topological polar surface area (TPSA) is 0 Å². The van der Waals surface area contributed by atoms with Crippen LogP contribution in [0.1, 0.15) is 13.8 Å². The first-order valence-corrected chi connectivity index (χ1v) is 13.5. The van der Waals surface area contributed by atoms with Crippen LogP contribution in [0.15, 0.2) is 0 Å². The Morgan fingerprint density at radius 2 is 1.10 bits per heavy atom. The van der Waals surface area contributed by atoms with Gasteiger partial charge in [0.25, 0.3) is 0 Å². The SMILES string of the molecule is CC#[C][Sb]([CH3])([CH3])([CH3])[C]#CC. The van der Waals surface area contributed by atoms with E-state index in [0.717, 1.165) is 0 Å². The second kappa shape index (κ2) is 2.90. The molecular weight excluding hydrogens is 230 g/mol. The number of hydrogen-bond acceptors (Lipinski definition) is 0. The molecule has 0 nitrogen and oxygen atoms in total. The van der Waals surface area contributed by atoms with Gasteiger partial charge in [-0.3, -0.25) is 0 Å². The molecule has 0 fully saturated rings. The van der Waals surface area contributed by atoms with Crippen LogP contribution in [-0.4, -0.2) is 17.4 Å². The van der Waals surface area contributed by atoms with E-state index in [-0.39, 0.29) is 0 Å². The molecule has 0 spiro atoms. The standard InChI is InChI=1S/2C3H3.3CH3.Sb/c2*1-3-2;;;;/h2*1H3;3*1H3;. The van der Waals surface area contributed by atoms with Crippen molar-refractivity contribution in [2.45, 2.75) is 28.5 Å². The zero-order valence-electron chi connectivity index (χ0n) is 7.45. The predicted octanol–water partition coefficient (Wildman–Crippen LogP) is 2.40. The third-order valence-electron chi connectivity index (χ3n) is 1.01. The Kier molecular flexibility index (Phi) is 2.88. The summed E-state index contributed by atoms with van der Waals surface area (Å²) in [6.07, 6.45) is 0. The van der Waals surface area contributed by atoms with Gasteiger partial charge in [0.2, 0.25) is 0 Å². The molecule has 0 saturated heterocycles. The summed E-state index contributed by atoms with van der Waals surface area (Å²) in [5.74, 6) is 5.94. The third-order valence-corrected chi connectivity index (χ3v) is 6.75. The van der Waals surface area contributed by atoms with Crippen molar-refractivity contribution in [2.75, 3.05) is 0 Å². The first kappa shape index (κ1) is 9.94. The van der Waals surface area contributed by atoms with Crippen molar-refractivity contribution in [3.63, 3.8) is 0 Å². The van der Waals surface area contributed by atoms with Crippen molar-refractivity contribution >= 4 is 17.4 Å². The summed E-state index contributed by atoms with van der Waals surface area (Å²) in [7, 11) is 0. The van der Waals surface area contributed by atoms with Crippen LogP contribution in [0.25, 0.3) is 0 Å². The van der Waals surface area contributed by atoms with Gasteiger partial charge < -0.3 is 0 Å². The van der Waals surface area contributed by atoms with Gasteiger partial charge in [-0.15, -0.1) is 0 Å².